The number of hydrogen-bond acceptors (Lipinski definition) is 5. The Balaban J connectivity index is 1.33. The summed E-state index contributed by atoms with van der Waals surface area (Å²) < 4.78 is 34.4. The van der Waals surface area contributed by atoms with Gasteiger partial charge in [0.05, 0.1) is 17.7 Å². The molecule has 2 saturated carbocycles. The maximum Gasteiger partial charge on any atom is 0.297 e. The summed E-state index contributed by atoms with van der Waals surface area (Å²) in [5.74, 6) is 0.366. The molecule has 1 heterocycles. The first-order valence-electron chi connectivity index (χ1n) is 11.0. The summed E-state index contributed by atoms with van der Waals surface area (Å²) in [6.07, 6.45) is 6.49. The molecule has 2 fully saturated rings. The fraction of sp³-hybridized carbons (Fsp3) is 0.652. The van der Waals surface area contributed by atoms with Crippen molar-refractivity contribution in [3.8, 4) is 11.8 Å². The summed E-state index contributed by atoms with van der Waals surface area (Å²) in [4.78, 5) is 15.7. The SMILES string of the molecule is CC(=O)C[C@@H](C)COC1CCC(Oc2nc3ccc(OC4CC4)c(F)c3n2C)CC1. The highest BCUT2D eigenvalue weighted by Gasteiger charge is 2.28. The second-order valence-corrected chi connectivity index (χ2v) is 8.88. The van der Waals surface area contributed by atoms with Crippen molar-refractivity contribution < 1.29 is 23.4 Å². The van der Waals surface area contributed by atoms with Gasteiger partial charge in [-0.25, -0.2) is 4.39 Å². The number of nitrogens with zero attached hydrogens (tertiary/aromatic N) is 2. The topological polar surface area (TPSA) is 62.6 Å². The van der Waals surface area contributed by atoms with Gasteiger partial charge in [-0.15, -0.1) is 0 Å². The molecule has 0 aliphatic heterocycles. The van der Waals surface area contributed by atoms with Crippen molar-refractivity contribution in [2.45, 2.75) is 77.1 Å². The van der Waals surface area contributed by atoms with Gasteiger partial charge in [-0.3, -0.25) is 4.57 Å². The van der Waals surface area contributed by atoms with Gasteiger partial charge < -0.3 is 19.0 Å². The van der Waals surface area contributed by atoms with Crippen LogP contribution in [0.15, 0.2) is 12.1 Å². The van der Waals surface area contributed by atoms with Crippen molar-refractivity contribution >= 4 is 16.8 Å². The third-order valence-corrected chi connectivity index (χ3v) is 5.86. The lowest BCUT2D eigenvalue weighted by molar-refractivity contribution is -0.118. The van der Waals surface area contributed by atoms with E-state index >= 15 is 0 Å². The Bertz CT molecular complexity index is 900. The van der Waals surface area contributed by atoms with Gasteiger partial charge in [0.25, 0.3) is 6.01 Å². The van der Waals surface area contributed by atoms with Crippen molar-refractivity contribution in [1.82, 2.24) is 9.55 Å². The largest absolute Gasteiger partial charge is 0.487 e. The molecule has 6 nitrogen and oxygen atoms in total. The van der Waals surface area contributed by atoms with Crippen molar-refractivity contribution in [1.29, 1.82) is 0 Å². The van der Waals surface area contributed by atoms with Crippen LogP contribution in [0.2, 0.25) is 0 Å². The summed E-state index contributed by atoms with van der Waals surface area (Å²) in [5, 5.41) is 0. The van der Waals surface area contributed by atoms with E-state index in [2.05, 4.69) is 4.98 Å². The Hall–Kier alpha value is -2.15. The summed E-state index contributed by atoms with van der Waals surface area (Å²) >= 11 is 0. The minimum atomic E-state index is -0.374. The number of Topliss-reactive ketones (excluding diaryl/α,β-unsaturated/α-hetero) is 1. The highest BCUT2D eigenvalue weighted by atomic mass is 19.1. The molecule has 0 saturated heterocycles. The molecular weight excluding hydrogens is 387 g/mol. The van der Waals surface area contributed by atoms with Crippen LogP contribution in [0.5, 0.6) is 11.8 Å². The number of imidazole rings is 1. The van der Waals surface area contributed by atoms with Gasteiger partial charge in [-0.05, 0) is 63.5 Å². The third kappa shape index (κ3) is 4.94. The fourth-order valence-electron chi connectivity index (χ4n) is 4.10. The van der Waals surface area contributed by atoms with Gasteiger partial charge in [0, 0.05) is 20.1 Å². The number of rotatable bonds is 9. The Morgan fingerprint density at radius 2 is 1.77 bits per heavy atom. The number of carbonyl (C=O) groups is 1. The average molecular weight is 419 g/mol. The lowest BCUT2D eigenvalue weighted by Crippen LogP contribution is -2.30. The van der Waals surface area contributed by atoms with E-state index in [0.717, 1.165) is 38.5 Å². The van der Waals surface area contributed by atoms with Crippen LogP contribution in [0.4, 0.5) is 4.39 Å². The molecule has 7 heteroatoms. The molecule has 1 aromatic heterocycles. The molecule has 1 aromatic carbocycles. The Morgan fingerprint density at radius 3 is 2.43 bits per heavy atom. The van der Waals surface area contributed by atoms with Crippen molar-refractivity contribution in [3.05, 3.63) is 17.9 Å². The van der Waals surface area contributed by atoms with E-state index in [-0.39, 0.29) is 41.6 Å². The van der Waals surface area contributed by atoms with Crippen LogP contribution in [0.1, 0.15) is 58.8 Å². The molecule has 164 valence electrons. The number of ketones is 1. The van der Waals surface area contributed by atoms with E-state index in [9.17, 15) is 9.18 Å². The van der Waals surface area contributed by atoms with E-state index in [4.69, 9.17) is 14.2 Å². The molecule has 1 atom stereocenters. The zero-order valence-electron chi connectivity index (χ0n) is 18.0. The van der Waals surface area contributed by atoms with Crippen LogP contribution in [-0.4, -0.2) is 40.3 Å². The van der Waals surface area contributed by atoms with Gasteiger partial charge in [-0.1, -0.05) is 6.92 Å². The predicted octanol–water partition coefficient (Wildman–Crippen LogP) is 4.58. The Morgan fingerprint density at radius 1 is 1.13 bits per heavy atom. The van der Waals surface area contributed by atoms with Gasteiger partial charge in [0.15, 0.2) is 11.6 Å². The Kier molecular flexibility index (Phi) is 6.27. The first kappa shape index (κ1) is 21.1. The second-order valence-electron chi connectivity index (χ2n) is 8.88. The summed E-state index contributed by atoms with van der Waals surface area (Å²) in [6.45, 7) is 4.28. The van der Waals surface area contributed by atoms with Crippen LogP contribution in [0, 0.1) is 11.7 Å². The van der Waals surface area contributed by atoms with E-state index in [1.807, 2.05) is 6.92 Å². The normalized spacial score (nSPS) is 22.8. The average Bonchev–Trinajstić information content (AvgIpc) is 3.46. The van der Waals surface area contributed by atoms with Gasteiger partial charge >= 0.3 is 0 Å². The number of fused-ring (bicyclic) bond motifs is 1. The zero-order valence-corrected chi connectivity index (χ0v) is 18.0. The Labute approximate surface area is 176 Å². The molecule has 0 N–H and O–H groups in total. The molecule has 30 heavy (non-hydrogen) atoms. The van der Waals surface area contributed by atoms with E-state index < -0.39 is 0 Å². The van der Waals surface area contributed by atoms with Crippen molar-refractivity contribution in [2.75, 3.05) is 6.61 Å². The monoisotopic (exact) mass is 418 g/mol. The fourth-order valence-corrected chi connectivity index (χ4v) is 4.10. The number of hydrogen-bond donors (Lipinski definition) is 0. The first-order valence-corrected chi connectivity index (χ1v) is 11.0. The minimum Gasteiger partial charge on any atom is -0.487 e. The number of halogens is 1. The van der Waals surface area contributed by atoms with Gasteiger partial charge in [0.1, 0.15) is 17.4 Å². The maximum absolute atomic E-state index is 14.9. The number of aryl methyl sites for hydroxylation is 1. The van der Waals surface area contributed by atoms with Crippen LogP contribution < -0.4 is 9.47 Å². The van der Waals surface area contributed by atoms with Crippen molar-refractivity contribution in [3.63, 3.8) is 0 Å². The van der Waals surface area contributed by atoms with E-state index in [1.165, 1.54) is 0 Å². The van der Waals surface area contributed by atoms with Crippen LogP contribution >= 0.6 is 0 Å². The summed E-state index contributed by atoms with van der Waals surface area (Å²) in [7, 11) is 1.78. The molecule has 0 spiro atoms. The third-order valence-electron chi connectivity index (χ3n) is 5.86. The number of benzene rings is 1. The molecule has 2 aliphatic carbocycles. The van der Waals surface area contributed by atoms with Gasteiger partial charge in [0.2, 0.25) is 0 Å². The predicted molar refractivity (Wildman–Crippen MR) is 111 cm³/mol. The summed E-state index contributed by atoms with van der Waals surface area (Å²) in [5.41, 5.74) is 0.990. The molecule has 2 aromatic rings. The lowest BCUT2D eigenvalue weighted by Gasteiger charge is -2.29. The van der Waals surface area contributed by atoms with Crippen LogP contribution in [0.3, 0.4) is 0 Å². The molecular formula is C23H31FN2O4. The molecule has 0 bridgehead atoms. The van der Waals surface area contributed by atoms with E-state index in [1.54, 1.807) is 30.7 Å². The first-order chi connectivity index (χ1) is 14.4. The smallest absolute Gasteiger partial charge is 0.297 e. The highest BCUT2D eigenvalue weighted by Crippen LogP contribution is 2.34. The van der Waals surface area contributed by atoms with Crippen LogP contribution in [0.25, 0.3) is 11.0 Å². The minimum absolute atomic E-state index is 0.0419. The van der Waals surface area contributed by atoms with Gasteiger partial charge in [-0.2, -0.15) is 4.98 Å². The standard InChI is InChI=1S/C23H31FN2O4/c1-14(12-15(2)27)13-28-16-4-6-18(7-5-16)30-23-25-19-10-11-20(29-17-8-9-17)21(24)22(19)26(23)3/h10-11,14,16-18H,4-9,12-13H2,1-3H3/t14-,16?,18?/m1/s1. The zero-order chi connectivity index (χ0) is 21.3. The second kappa shape index (κ2) is 8.92. The van der Waals surface area contributed by atoms with Crippen molar-refractivity contribution in [2.24, 2.45) is 13.0 Å². The lowest BCUT2D eigenvalue weighted by atomic mass is 9.95. The quantitative estimate of drug-likeness (QED) is 0.597. The molecule has 4 rings (SSSR count). The molecule has 0 unspecified atom stereocenters. The maximum atomic E-state index is 14.9. The highest BCUT2D eigenvalue weighted by molar-refractivity contribution is 5.79. The molecule has 2 aliphatic rings. The number of aromatic nitrogens is 2. The summed E-state index contributed by atoms with van der Waals surface area (Å²) in [6, 6.07) is 3.88. The molecule has 0 amide bonds. The molecule has 0 radical (unpaired) electrons. The number of carbonyl (C=O) groups excluding carboxylic acids is 1. The number of ether oxygens (including phenoxy) is 3. The van der Waals surface area contributed by atoms with E-state index in [0.29, 0.717) is 30.1 Å². The van der Waals surface area contributed by atoms with Crippen LogP contribution in [-0.2, 0) is 16.6 Å².